The molecule has 0 amide bonds. The summed E-state index contributed by atoms with van der Waals surface area (Å²) >= 11 is 0. The minimum absolute atomic E-state index is 0.244. The molecule has 118 valence electrons. The molecule has 0 atom stereocenters. The maximum absolute atomic E-state index is 9.74. The van der Waals surface area contributed by atoms with Gasteiger partial charge in [0.05, 0.1) is 6.42 Å². The van der Waals surface area contributed by atoms with Crippen molar-refractivity contribution < 1.29 is 19.8 Å². The fraction of sp³-hybridized carbons (Fsp3) is 0.0588. The van der Waals surface area contributed by atoms with E-state index in [-0.39, 0.29) is 6.42 Å². The zero-order valence-electron chi connectivity index (χ0n) is 12.2. The molecule has 2 aromatic rings. The quantitative estimate of drug-likeness (QED) is 0.823. The van der Waals surface area contributed by atoms with Crippen molar-refractivity contribution in [2.75, 3.05) is 0 Å². The second-order valence-electron chi connectivity index (χ2n) is 4.23. The van der Waals surface area contributed by atoms with Gasteiger partial charge in [0.25, 0.3) is 0 Å². The number of carboxylic acids is 2. The number of hydrogen-bond acceptors (Lipinski definition) is 4. The number of rotatable bonds is 5. The van der Waals surface area contributed by atoms with E-state index in [4.69, 9.17) is 10.2 Å². The number of carboxylic acid groups (broad SMARTS) is 2. The average molecular weight is 312 g/mol. The molecule has 6 heteroatoms. The molecule has 2 rings (SSSR count). The molecule has 23 heavy (non-hydrogen) atoms. The molecule has 0 aliphatic carbocycles. The van der Waals surface area contributed by atoms with Gasteiger partial charge in [-0.1, -0.05) is 18.2 Å². The van der Waals surface area contributed by atoms with E-state index >= 15 is 0 Å². The van der Waals surface area contributed by atoms with E-state index in [0.717, 1.165) is 23.3 Å². The third-order valence-corrected chi connectivity index (χ3v) is 2.43. The maximum Gasteiger partial charge on any atom is 0.327 e. The SMILES string of the molecule is C(=C\c1ccncc1)/c1ccncc1.O=C(O)/C=C/CC(=O)O. The average Bonchev–Trinajstić information content (AvgIpc) is 2.55. The Labute approximate surface area is 133 Å². The van der Waals surface area contributed by atoms with E-state index in [2.05, 4.69) is 22.1 Å². The van der Waals surface area contributed by atoms with Crippen LogP contribution in [0.1, 0.15) is 17.5 Å². The fourth-order valence-corrected chi connectivity index (χ4v) is 1.40. The molecule has 0 aromatic carbocycles. The summed E-state index contributed by atoms with van der Waals surface area (Å²) in [7, 11) is 0. The molecule has 6 nitrogen and oxygen atoms in total. The van der Waals surface area contributed by atoms with Crippen LogP contribution >= 0.6 is 0 Å². The molecular weight excluding hydrogens is 296 g/mol. The first kappa shape index (κ1) is 17.8. The Morgan fingerprint density at radius 1 is 0.870 bits per heavy atom. The molecule has 2 heterocycles. The molecule has 0 saturated heterocycles. The van der Waals surface area contributed by atoms with Crippen LogP contribution in [0, 0.1) is 0 Å². The predicted octanol–water partition coefficient (Wildman–Crippen LogP) is 2.75. The number of carbonyl (C=O) groups is 2. The first-order chi connectivity index (χ1) is 11.1. The molecule has 0 aliphatic rings. The lowest BCUT2D eigenvalue weighted by molar-refractivity contribution is -0.136. The van der Waals surface area contributed by atoms with Crippen molar-refractivity contribution >= 4 is 24.1 Å². The molecule has 2 N–H and O–H groups in total. The van der Waals surface area contributed by atoms with Crippen LogP contribution in [-0.2, 0) is 9.59 Å². The molecule has 0 spiro atoms. The monoisotopic (exact) mass is 312 g/mol. The Morgan fingerprint density at radius 3 is 1.65 bits per heavy atom. The first-order valence-corrected chi connectivity index (χ1v) is 6.67. The molecule has 0 aliphatic heterocycles. The fourth-order valence-electron chi connectivity index (χ4n) is 1.40. The molecule has 0 fully saturated rings. The van der Waals surface area contributed by atoms with Crippen molar-refractivity contribution in [1.82, 2.24) is 9.97 Å². The van der Waals surface area contributed by atoms with E-state index in [1.54, 1.807) is 24.8 Å². The lowest BCUT2D eigenvalue weighted by atomic mass is 10.2. The molecular formula is C17H16N2O4. The van der Waals surface area contributed by atoms with Gasteiger partial charge in [-0.25, -0.2) is 4.79 Å². The van der Waals surface area contributed by atoms with Gasteiger partial charge in [0, 0.05) is 30.9 Å². The van der Waals surface area contributed by atoms with Gasteiger partial charge in [-0.15, -0.1) is 0 Å². The van der Waals surface area contributed by atoms with Crippen LogP contribution in [0.4, 0.5) is 0 Å². The van der Waals surface area contributed by atoms with E-state index in [1.165, 1.54) is 0 Å². The van der Waals surface area contributed by atoms with Gasteiger partial charge < -0.3 is 10.2 Å². The highest BCUT2D eigenvalue weighted by Crippen LogP contribution is 2.05. The van der Waals surface area contributed by atoms with Gasteiger partial charge in [-0.05, 0) is 35.4 Å². The highest BCUT2D eigenvalue weighted by molar-refractivity contribution is 5.81. The highest BCUT2D eigenvalue weighted by Gasteiger charge is 1.90. The van der Waals surface area contributed by atoms with Crippen LogP contribution in [0.3, 0.4) is 0 Å². The Hall–Kier alpha value is -3.28. The minimum atomic E-state index is -1.13. The topological polar surface area (TPSA) is 100 Å². The zero-order chi connectivity index (χ0) is 16.9. The molecule has 0 saturated carbocycles. The van der Waals surface area contributed by atoms with Gasteiger partial charge in [0.15, 0.2) is 0 Å². The van der Waals surface area contributed by atoms with Crippen molar-refractivity contribution in [3.05, 3.63) is 72.3 Å². The summed E-state index contributed by atoms with van der Waals surface area (Å²) in [5.41, 5.74) is 2.30. The van der Waals surface area contributed by atoms with Crippen LogP contribution < -0.4 is 0 Å². The summed E-state index contributed by atoms with van der Waals surface area (Å²) in [6.45, 7) is 0. The number of pyridine rings is 2. The molecule has 2 aromatic heterocycles. The molecule has 0 bridgehead atoms. The largest absolute Gasteiger partial charge is 0.481 e. The van der Waals surface area contributed by atoms with Crippen LogP contribution in [0.25, 0.3) is 12.2 Å². The van der Waals surface area contributed by atoms with Crippen LogP contribution in [-0.4, -0.2) is 32.1 Å². The predicted molar refractivity (Wildman–Crippen MR) is 86.4 cm³/mol. The van der Waals surface area contributed by atoms with Crippen LogP contribution in [0.2, 0.25) is 0 Å². The number of hydrogen-bond donors (Lipinski definition) is 2. The summed E-state index contributed by atoms with van der Waals surface area (Å²) in [6, 6.07) is 7.88. The first-order valence-electron chi connectivity index (χ1n) is 6.67. The Balaban J connectivity index is 0.000000257. The van der Waals surface area contributed by atoms with Crippen LogP contribution in [0.5, 0.6) is 0 Å². The lowest BCUT2D eigenvalue weighted by Gasteiger charge is -1.92. The normalized spacial score (nSPS) is 10.3. The zero-order valence-corrected chi connectivity index (χ0v) is 12.2. The van der Waals surface area contributed by atoms with E-state index in [9.17, 15) is 9.59 Å². The van der Waals surface area contributed by atoms with Gasteiger partial charge in [0.1, 0.15) is 0 Å². The summed E-state index contributed by atoms with van der Waals surface area (Å²) < 4.78 is 0. The van der Waals surface area contributed by atoms with Crippen molar-refractivity contribution in [3.8, 4) is 0 Å². The lowest BCUT2D eigenvalue weighted by Crippen LogP contribution is -1.92. The summed E-state index contributed by atoms with van der Waals surface area (Å²) in [4.78, 5) is 27.4. The number of aromatic nitrogens is 2. The van der Waals surface area contributed by atoms with Crippen molar-refractivity contribution in [2.45, 2.75) is 6.42 Å². The molecule has 0 radical (unpaired) electrons. The van der Waals surface area contributed by atoms with Crippen molar-refractivity contribution in [3.63, 3.8) is 0 Å². The second kappa shape index (κ2) is 10.4. The number of nitrogens with zero attached hydrogens (tertiary/aromatic N) is 2. The van der Waals surface area contributed by atoms with E-state index in [1.807, 2.05) is 24.3 Å². The Kier molecular flexibility index (Phi) is 8.07. The van der Waals surface area contributed by atoms with E-state index in [0.29, 0.717) is 0 Å². The Bertz CT molecular complexity index is 626. The smallest absolute Gasteiger partial charge is 0.327 e. The summed E-state index contributed by atoms with van der Waals surface area (Å²) in [5.74, 6) is -2.16. The van der Waals surface area contributed by atoms with Gasteiger partial charge in [-0.3, -0.25) is 14.8 Å². The van der Waals surface area contributed by atoms with E-state index < -0.39 is 11.9 Å². The van der Waals surface area contributed by atoms with Gasteiger partial charge >= 0.3 is 11.9 Å². The minimum Gasteiger partial charge on any atom is -0.481 e. The summed E-state index contributed by atoms with van der Waals surface area (Å²) in [6.07, 6.45) is 12.9. The third kappa shape index (κ3) is 9.30. The third-order valence-electron chi connectivity index (χ3n) is 2.43. The molecule has 0 unspecified atom stereocenters. The second-order valence-corrected chi connectivity index (χ2v) is 4.23. The van der Waals surface area contributed by atoms with Gasteiger partial charge in [-0.2, -0.15) is 0 Å². The highest BCUT2D eigenvalue weighted by atomic mass is 16.4. The van der Waals surface area contributed by atoms with Crippen LogP contribution in [0.15, 0.2) is 61.2 Å². The van der Waals surface area contributed by atoms with Crippen molar-refractivity contribution in [2.24, 2.45) is 0 Å². The van der Waals surface area contributed by atoms with Gasteiger partial charge in [0.2, 0.25) is 0 Å². The number of aliphatic carboxylic acids is 2. The van der Waals surface area contributed by atoms with Crippen molar-refractivity contribution in [1.29, 1.82) is 0 Å². The Morgan fingerprint density at radius 2 is 1.30 bits per heavy atom. The maximum atomic E-state index is 9.74. The standard InChI is InChI=1S/C12H10N2.C5H6O4/c1(11-3-7-13-8-4-11)2-12-5-9-14-10-6-12;6-4(7)2-1-3-5(8)9/h1-10H;1-2H,3H2,(H,6,7)(H,8,9)/b2*2-1+. The summed E-state index contributed by atoms with van der Waals surface area (Å²) in [5, 5.41) is 15.9.